The highest BCUT2D eigenvalue weighted by molar-refractivity contribution is 5.03. The Morgan fingerprint density at radius 3 is 2.56 bits per heavy atom. The minimum Gasteiger partial charge on any atom is -0.103 e. The zero-order valence-electron chi connectivity index (χ0n) is 11.0. The van der Waals surface area contributed by atoms with Gasteiger partial charge in [-0.05, 0) is 57.3 Å². The Morgan fingerprint density at radius 2 is 1.88 bits per heavy atom. The van der Waals surface area contributed by atoms with Crippen LogP contribution in [0.1, 0.15) is 71.1 Å². The highest BCUT2D eigenvalue weighted by Gasteiger charge is 2.05. The third-order valence-electron chi connectivity index (χ3n) is 3.69. The Morgan fingerprint density at radius 1 is 1.12 bits per heavy atom. The Labute approximate surface area is 102 Å². The van der Waals surface area contributed by atoms with Gasteiger partial charge in [0.05, 0.1) is 0 Å². The van der Waals surface area contributed by atoms with Crippen LogP contribution in [0.15, 0.2) is 24.3 Å². The summed E-state index contributed by atoms with van der Waals surface area (Å²) in [6.07, 6.45) is 18.2. The van der Waals surface area contributed by atoms with Crippen LogP contribution in [-0.2, 0) is 0 Å². The zero-order chi connectivity index (χ0) is 11.6. The molecule has 0 aromatic rings. The molecule has 0 aromatic heterocycles. The van der Waals surface area contributed by atoms with Gasteiger partial charge in [0.2, 0.25) is 0 Å². The number of hydrogen-bond acceptors (Lipinski definition) is 0. The molecule has 0 aliphatic heterocycles. The van der Waals surface area contributed by atoms with Crippen molar-refractivity contribution >= 4 is 0 Å². The number of allylic oxidation sites excluding steroid dienone is 3. The van der Waals surface area contributed by atoms with Crippen molar-refractivity contribution in [3.8, 4) is 0 Å². The monoisotopic (exact) mass is 220 g/mol. The van der Waals surface area contributed by atoms with E-state index in [0.717, 1.165) is 5.92 Å². The van der Waals surface area contributed by atoms with E-state index in [1.165, 1.54) is 64.2 Å². The number of hydrogen-bond donors (Lipinski definition) is 0. The SMILES string of the molecule is C=CCCCC(C)CCC=C1CCCCC1. The third-order valence-corrected chi connectivity index (χ3v) is 3.69. The van der Waals surface area contributed by atoms with E-state index in [2.05, 4.69) is 19.6 Å². The first-order valence-corrected chi connectivity index (χ1v) is 7.11. The molecule has 16 heavy (non-hydrogen) atoms. The fourth-order valence-electron chi connectivity index (χ4n) is 2.54. The molecule has 0 radical (unpaired) electrons. The van der Waals surface area contributed by atoms with E-state index >= 15 is 0 Å². The summed E-state index contributed by atoms with van der Waals surface area (Å²) in [7, 11) is 0. The van der Waals surface area contributed by atoms with Gasteiger partial charge in [-0.25, -0.2) is 0 Å². The molecule has 0 amide bonds. The summed E-state index contributed by atoms with van der Waals surface area (Å²) in [6.45, 7) is 6.16. The third kappa shape index (κ3) is 6.15. The van der Waals surface area contributed by atoms with Gasteiger partial charge >= 0.3 is 0 Å². The molecule has 0 saturated heterocycles. The normalized spacial score (nSPS) is 18.2. The maximum atomic E-state index is 3.77. The van der Waals surface area contributed by atoms with Crippen molar-refractivity contribution < 1.29 is 0 Å². The van der Waals surface area contributed by atoms with Crippen LogP contribution in [0, 0.1) is 5.92 Å². The minimum atomic E-state index is 0.889. The average molecular weight is 220 g/mol. The first-order valence-electron chi connectivity index (χ1n) is 7.11. The van der Waals surface area contributed by atoms with Crippen molar-refractivity contribution in [3.63, 3.8) is 0 Å². The summed E-state index contributed by atoms with van der Waals surface area (Å²) in [4.78, 5) is 0. The molecule has 1 fully saturated rings. The van der Waals surface area contributed by atoms with Crippen molar-refractivity contribution in [3.05, 3.63) is 24.3 Å². The lowest BCUT2D eigenvalue weighted by molar-refractivity contribution is 0.479. The van der Waals surface area contributed by atoms with Crippen LogP contribution < -0.4 is 0 Å². The first-order chi connectivity index (χ1) is 7.83. The van der Waals surface area contributed by atoms with Gasteiger partial charge in [0.1, 0.15) is 0 Å². The minimum absolute atomic E-state index is 0.889. The lowest BCUT2D eigenvalue weighted by Crippen LogP contribution is -1.96. The van der Waals surface area contributed by atoms with Crippen LogP contribution in [0.2, 0.25) is 0 Å². The van der Waals surface area contributed by atoms with Crippen LogP contribution in [0.5, 0.6) is 0 Å². The van der Waals surface area contributed by atoms with Gasteiger partial charge in [0.15, 0.2) is 0 Å². The molecule has 0 nitrogen and oxygen atoms in total. The van der Waals surface area contributed by atoms with Crippen LogP contribution in [0.4, 0.5) is 0 Å². The maximum Gasteiger partial charge on any atom is -0.0320 e. The van der Waals surface area contributed by atoms with Gasteiger partial charge in [-0.1, -0.05) is 37.5 Å². The summed E-state index contributed by atoms with van der Waals surface area (Å²) in [5.74, 6) is 0.889. The molecular formula is C16H28. The molecular weight excluding hydrogens is 192 g/mol. The van der Waals surface area contributed by atoms with Gasteiger partial charge in [-0.3, -0.25) is 0 Å². The van der Waals surface area contributed by atoms with Crippen molar-refractivity contribution in [2.45, 2.75) is 71.1 Å². The molecule has 1 unspecified atom stereocenters. The second kappa shape index (κ2) is 8.61. The van der Waals surface area contributed by atoms with Crippen molar-refractivity contribution in [1.82, 2.24) is 0 Å². The first kappa shape index (κ1) is 13.5. The van der Waals surface area contributed by atoms with Crippen molar-refractivity contribution in [2.24, 2.45) is 5.92 Å². The molecule has 1 atom stereocenters. The second-order valence-electron chi connectivity index (χ2n) is 5.33. The second-order valence-corrected chi connectivity index (χ2v) is 5.33. The molecule has 1 aliphatic carbocycles. The average Bonchev–Trinajstić information content (AvgIpc) is 2.31. The molecule has 0 aromatic carbocycles. The highest BCUT2D eigenvalue weighted by Crippen LogP contribution is 2.24. The number of rotatable bonds is 7. The molecule has 0 N–H and O–H groups in total. The van der Waals surface area contributed by atoms with E-state index in [0.29, 0.717) is 0 Å². The lowest BCUT2D eigenvalue weighted by atomic mass is 9.92. The van der Waals surface area contributed by atoms with E-state index in [9.17, 15) is 0 Å². The summed E-state index contributed by atoms with van der Waals surface area (Å²) in [6, 6.07) is 0. The predicted octanol–water partition coefficient (Wildman–Crippen LogP) is 5.65. The zero-order valence-corrected chi connectivity index (χ0v) is 11.0. The Hall–Kier alpha value is -0.520. The van der Waals surface area contributed by atoms with Crippen molar-refractivity contribution in [1.29, 1.82) is 0 Å². The fourth-order valence-corrected chi connectivity index (χ4v) is 2.54. The lowest BCUT2D eigenvalue weighted by Gasteiger charge is -2.14. The van der Waals surface area contributed by atoms with E-state index in [4.69, 9.17) is 0 Å². The largest absolute Gasteiger partial charge is 0.103 e. The van der Waals surface area contributed by atoms with Gasteiger partial charge in [-0.2, -0.15) is 0 Å². The van der Waals surface area contributed by atoms with Crippen LogP contribution in [0.25, 0.3) is 0 Å². The molecule has 0 bridgehead atoms. The van der Waals surface area contributed by atoms with E-state index < -0.39 is 0 Å². The van der Waals surface area contributed by atoms with Gasteiger partial charge in [-0.15, -0.1) is 6.58 Å². The molecule has 1 aliphatic rings. The van der Waals surface area contributed by atoms with E-state index in [1.54, 1.807) is 5.57 Å². The number of unbranched alkanes of at least 4 members (excludes halogenated alkanes) is 1. The fraction of sp³-hybridized carbons (Fsp3) is 0.750. The standard InChI is InChI=1S/C16H28/c1-3-4-6-10-15(2)11-9-14-16-12-7-5-8-13-16/h3,14-15H,1,4-13H2,2H3. The maximum absolute atomic E-state index is 3.77. The molecule has 1 saturated carbocycles. The van der Waals surface area contributed by atoms with Crippen LogP contribution >= 0.6 is 0 Å². The Bertz CT molecular complexity index is 204. The van der Waals surface area contributed by atoms with E-state index in [1.807, 2.05) is 6.08 Å². The molecule has 92 valence electrons. The van der Waals surface area contributed by atoms with Gasteiger partial charge in [0.25, 0.3) is 0 Å². The smallest absolute Gasteiger partial charge is 0.0320 e. The van der Waals surface area contributed by atoms with Gasteiger partial charge in [0, 0.05) is 0 Å². The quantitative estimate of drug-likeness (QED) is 0.384. The van der Waals surface area contributed by atoms with Crippen LogP contribution in [0.3, 0.4) is 0 Å². The summed E-state index contributed by atoms with van der Waals surface area (Å²) < 4.78 is 0. The Balaban J connectivity index is 2.06. The highest BCUT2D eigenvalue weighted by atomic mass is 14.1. The van der Waals surface area contributed by atoms with Crippen LogP contribution in [-0.4, -0.2) is 0 Å². The Kier molecular flexibility index (Phi) is 7.29. The summed E-state index contributed by atoms with van der Waals surface area (Å²) >= 11 is 0. The predicted molar refractivity (Wildman–Crippen MR) is 73.6 cm³/mol. The van der Waals surface area contributed by atoms with E-state index in [-0.39, 0.29) is 0 Å². The molecule has 0 heteroatoms. The summed E-state index contributed by atoms with van der Waals surface area (Å²) in [5.41, 5.74) is 1.74. The van der Waals surface area contributed by atoms with Gasteiger partial charge < -0.3 is 0 Å². The topological polar surface area (TPSA) is 0 Å². The molecule has 0 spiro atoms. The molecule has 1 rings (SSSR count). The molecule has 0 heterocycles. The van der Waals surface area contributed by atoms with Crippen molar-refractivity contribution in [2.75, 3.05) is 0 Å². The summed E-state index contributed by atoms with van der Waals surface area (Å²) in [5, 5.41) is 0.